The summed E-state index contributed by atoms with van der Waals surface area (Å²) >= 11 is 0.889. The summed E-state index contributed by atoms with van der Waals surface area (Å²) < 4.78 is 35.4. The molecule has 0 bridgehead atoms. The van der Waals surface area contributed by atoms with E-state index in [2.05, 4.69) is 11.9 Å². The van der Waals surface area contributed by atoms with E-state index in [9.17, 15) is 13.2 Å². The van der Waals surface area contributed by atoms with Gasteiger partial charge in [-0.15, -0.1) is 11.3 Å². The summed E-state index contributed by atoms with van der Waals surface area (Å²) in [4.78, 5) is 3.08. The van der Waals surface area contributed by atoms with E-state index in [0.29, 0.717) is 0 Å². The second kappa shape index (κ2) is 2.23. The zero-order chi connectivity index (χ0) is 7.78. The van der Waals surface area contributed by atoms with Gasteiger partial charge in [0.25, 0.3) is 0 Å². The number of hydrogen-bond acceptors (Lipinski definition) is 2. The molecular weight excluding hydrogens is 163 g/mol. The number of halogens is 3. The lowest BCUT2D eigenvalue weighted by Crippen LogP contribution is -2.06. The number of thiazole rings is 1. The lowest BCUT2D eigenvalue weighted by Gasteiger charge is -2.01. The highest BCUT2D eigenvalue weighted by atomic mass is 32.1. The Bertz CT molecular complexity index is 227. The Labute approximate surface area is 59.5 Å². The van der Waals surface area contributed by atoms with Crippen molar-refractivity contribution in [3.63, 3.8) is 0 Å². The van der Waals surface area contributed by atoms with Crippen LogP contribution in [0.5, 0.6) is 0 Å². The zero-order valence-electron chi connectivity index (χ0n) is 4.77. The minimum absolute atomic E-state index is 0.0347. The van der Waals surface area contributed by atoms with E-state index in [0.717, 1.165) is 16.8 Å². The topological polar surface area (TPSA) is 12.9 Å². The van der Waals surface area contributed by atoms with Gasteiger partial charge >= 0.3 is 6.18 Å². The van der Waals surface area contributed by atoms with Crippen LogP contribution in [0, 0.1) is 6.92 Å². The first-order chi connectivity index (χ1) is 4.52. The minimum atomic E-state index is -4.35. The smallest absolute Gasteiger partial charge is 0.240 e. The number of rotatable bonds is 0. The molecule has 5 heteroatoms. The molecule has 0 saturated carbocycles. The second-order valence-corrected chi connectivity index (χ2v) is 2.56. The molecule has 1 heterocycles. The Kier molecular flexibility index (Phi) is 1.68. The van der Waals surface area contributed by atoms with Crippen LogP contribution in [0.15, 0.2) is 5.51 Å². The lowest BCUT2D eigenvalue weighted by molar-refractivity contribution is -0.141. The van der Waals surface area contributed by atoms with Crippen molar-refractivity contribution in [1.82, 2.24) is 4.98 Å². The largest absolute Gasteiger partial charge is 0.434 e. The fourth-order valence-electron chi connectivity index (χ4n) is 0.502. The minimum Gasteiger partial charge on any atom is -0.240 e. The lowest BCUT2D eigenvalue weighted by atomic mass is 10.4. The summed E-state index contributed by atoms with van der Waals surface area (Å²) in [7, 11) is 0. The maximum Gasteiger partial charge on any atom is 0.434 e. The molecule has 0 unspecified atom stereocenters. The van der Waals surface area contributed by atoms with E-state index in [4.69, 9.17) is 0 Å². The molecule has 0 aliphatic heterocycles. The van der Waals surface area contributed by atoms with Gasteiger partial charge < -0.3 is 0 Å². The number of hydrogen-bond donors (Lipinski definition) is 0. The van der Waals surface area contributed by atoms with E-state index in [1.54, 1.807) is 0 Å². The van der Waals surface area contributed by atoms with Crippen LogP contribution < -0.4 is 0 Å². The highest BCUT2D eigenvalue weighted by Crippen LogP contribution is 2.31. The third-order valence-corrected chi connectivity index (χ3v) is 1.60. The summed E-state index contributed by atoms with van der Waals surface area (Å²) in [5.74, 6) is 0. The van der Waals surface area contributed by atoms with Gasteiger partial charge in [-0.1, -0.05) is 0 Å². The standard InChI is InChI=1S/C5H3F3NS/c1-3-4(5(6,7)8)9-2-10-3/h2H,1H2. The average Bonchev–Trinajstić information content (AvgIpc) is 2.11. The first kappa shape index (κ1) is 7.53. The molecule has 55 valence electrons. The molecule has 0 aliphatic rings. The van der Waals surface area contributed by atoms with Crippen molar-refractivity contribution in [3.8, 4) is 0 Å². The molecule has 0 aliphatic carbocycles. The molecule has 1 rings (SSSR count). The van der Waals surface area contributed by atoms with Crippen molar-refractivity contribution in [2.75, 3.05) is 0 Å². The Morgan fingerprint density at radius 3 is 2.30 bits per heavy atom. The Hall–Kier alpha value is -0.580. The van der Waals surface area contributed by atoms with Crippen molar-refractivity contribution < 1.29 is 13.2 Å². The van der Waals surface area contributed by atoms with Crippen LogP contribution in [0.4, 0.5) is 13.2 Å². The molecule has 1 aromatic rings. The molecule has 1 aromatic heterocycles. The van der Waals surface area contributed by atoms with Crippen LogP contribution in [-0.4, -0.2) is 4.98 Å². The highest BCUT2D eigenvalue weighted by molar-refractivity contribution is 7.09. The fourth-order valence-corrected chi connectivity index (χ4v) is 1.07. The number of aromatic nitrogens is 1. The van der Waals surface area contributed by atoms with Crippen LogP contribution in [0.2, 0.25) is 0 Å². The van der Waals surface area contributed by atoms with E-state index in [-0.39, 0.29) is 4.88 Å². The molecule has 1 radical (unpaired) electrons. The Morgan fingerprint density at radius 2 is 2.10 bits per heavy atom. The molecule has 0 saturated heterocycles. The van der Waals surface area contributed by atoms with Crippen LogP contribution in [0.25, 0.3) is 0 Å². The van der Waals surface area contributed by atoms with Gasteiger partial charge in [-0.05, 0) is 6.92 Å². The summed E-state index contributed by atoms with van der Waals surface area (Å²) in [6, 6.07) is 0. The van der Waals surface area contributed by atoms with Gasteiger partial charge in [-0.3, -0.25) is 0 Å². The predicted molar refractivity (Wildman–Crippen MR) is 31.6 cm³/mol. The monoisotopic (exact) mass is 166 g/mol. The van der Waals surface area contributed by atoms with Crippen LogP contribution >= 0.6 is 11.3 Å². The Balaban J connectivity index is 3.05. The van der Waals surface area contributed by atoms with Gasteiger partial charge in [-0.2, -0.15) is 13.2 Å². The molecule has 0 amide bonds. The van der Waals surface area contributed by atoms with E-state index < -0.39 is 11.9 Å². The summed E-state index contributed by atoms with van der Waals surface area (Å²) in [5.41, 5.74) is 0.253. The molecule has 1 nitrogen and oxygen atoms in total. The molecule has 0 atom stereocenters. The van der Waals surface area contributed by atoms with Crippen LogP contribution in [0.3, 0.4) is 0 Å². The molecular formula is C5H3F3NS. The number of nitrogens with zero attached hydrogens (tertiary/aromatic N) is 1. The first-order valence-corrected chi connectivity index (χ1v) is 3.22. The highest BCUT2D eigenvalue weighted by Gasteiger charge is 2.34. The van der Waals surface area contributed by atoms with Gasteiger partial charge in [0.15, 0.2) is 5.69 Å². The Morgan fingerprint density at radius 1 is 1.50 bits per heavy atom. The van der Waals surface area contributed by atoms with E-state index >= 15 is 0 Å². The van der Waals surface area contributed by atoms with Gasteiger partial charge in [0.1, 0.15) is 0 Å². The third-order valence-electron chi connectivity index (χ3n) is 0.909. The van der Waals surface area contributed by atoms with Gasteiger partial charge in [0, 0.05) is 4.88 Å². The maximum atomic E-state index is 11.8. The summed E-state index contributed by atoms with van der Waals surface area (Å²) in [6.45, 7) is 3.18. The normalized spacial score (nSPS) is 12.0. The van der Waals surface area contributed by atoms with Crippen molar-refractivity contribution in [3.05, 3.63) is 23.0 Å². The fraction of sp³-hybridized carbons (Fsp3) is 0.200. The maximum absolute atomic E-state index is 11.8. The summed E-state index contributed by atoms with van der Waals surface area (Å²) in [6.07, 6.45) is -4.35. The quantitative estimate of drug-likeness (QED) is 0.576. The molecule has 0 spiro atoms. The van der Waals surface area contributed by atoms with Crippen molar-refractivity contribution in [1.29, 1.82) is 0 Å². The average molecular weight is 166 g/mol. The molecule has 0 aromatic carbocycles. The molecule has 0 fully saturated rings. The molecule has 0 N–H and O–H groups in total. The van der Waals surface area contributed by atoms with Gasteiger partial charge in [0.2, 0.25) is 0 Å². The number of alkyl halides is 3. The van der Waals surface area contributed by atoms with Gasteiger partial charge in [-0.25, -0.2) is 4.98 Å². The van der Waals surface area contributed by atoms with Crippen LogP contribution in [-0.2, 0) is 6.18 Å². The van der Waals surface area contributed by atoms with E-state index in [1.807, 2.05) is 0 Å². The molecule has 10 heavy (non-hydrogen) atoms. The zero-order valence-corrected chi connectivity index (χ0v) is 5.59. The van der Waals surface area contributed by atoms with Crippen LogP contribution in [0.1, 0.15) is 10.6 Å². The van der Waals surface area contributed by atoms with E-state index in [1.165, 1.54) is 0 Å². The van der Waals surface area contributed by atoms with Crippen molar-refractivity contribution in [2.45, 2.75) is 6.18 Å². The predicted octanol–water partition coefficient (Wildman–Crippen LogP) is 2.34. The van der Waals surface area contributed by atoms with Crippen molar-refractivity contribution >= 4 is 11.3 Å². The van der Waals surface area contributed by atoms with Crippen molar-refractivity contribution in [2.24, 2.45) is 0 Å². The first-order valence-electron chi connectivity index (χ1n) is 2.34. The van der Waals surface area contributed by atoms with Gasteiger partial charge in [0.05, 0.1) is 5.51 Å². The summed E-state index contributed by atoms with van der Waals surface area (Å²) in [5, 5.41) is 0. The SMILES string of the molecule is [CH2]c1scnc1C(F)(F)F. The third kappa shape index (κ3) is 1.29. The second-order valence-electron chi connectivity index (χ2n) is 1.62.